The number of anilines is 1. The van der Waals surface area contributed by atoms with Gasteiger partial charge in [-0.1, -0.05) is 60.1 Å². The monoisotopic (exact) mass is 434 g/mol. The SMILES string of the molecule is CCN1CC(Cc2ccccc2Cl)N=C(c2ccccc2)c2cc(OC)c(OC)cc21. The summed E-state index contributed by atoms with van der Waals surface area (Å²) < 4.78 is 11.2. The molecule has 0 radical (unpaired) electrons. The summed E-state index contributed by atoms with van der Waals surface area (Å²) in [5, 5.41) is 0.784. The highest BCUT2D eigenvalue weighted by Crippen LogP contribution is 2.38. The minimum atomic E-state index is 0.0550. The van der Waals surface area contributed by atoms with Crippen molar-refractivity contribution in [2.75, 3.05) is 32.2 Å². The Bertz CT molecular complexity index is 1080. The number of rotatable bonds is 6. The van der Waals surface area contributed by atoms with Crippen molar-refractivity contribution in [3.05, 3.63) is 88.4 Å². The Kier molecular flexibility index (Phi) is 6.47. The van der Waals surface area contributed by atoms with Crippen molar-refractivity contribution >= 4 is 23.0 Å². The van der Waals surface area contributed by atoms with Crippen LogP contribution in [-0.2, 0) is 6.42 Å². The minimum absolute atomic E-state index is 0.0550. The van der Waals surface area contributed by atoms with E-state index in [9.17, 15) is 0 Å². The van der Waals surface area contributed by atoms with Crippen LogP contribution in [-0.4, -0.2) is 39.1 Å². The number of halogens is 1. The van der Waals surface area contributed by atoms with Gasteiger partial charge in [0.05, 0.1) is 31.7 Å². The van der Waals surface area contributed by atoms with E-state index in [1.54, 1.807) is 14.2 Å². The van der Waals surface area contributed by atoms with Gasteiger partial charge in [0.2, 0.25) is 0 Å². The first-order valence-corrected chi connectivity index (χ1v) is 10.9. The molecule has 3 aromatic carbocycles. The molecule has 3 aromatic rings. The van der Waals surface area contributed by atoms with Gasteiger partial charge in [0, 0.05) is 35.3 Å². The van der Waals surface area contributed by atoms with Gasteiger partial charge in [-0.3, -0.25) is 4.99 Å². The molecule has 1 aliphatic rings. The lowest BCUT2D eigenvalue weighted by molar-refractivity contribution is 0.355. The molecule has 0 aromatic heterocycles. The molecule has 0 spiro atoms. The molecular formula is C26H27ClN2O2. The molecule has 0 saturated carbocycles. The summed E-state index contributed by atoms with van der Waals surface area (Å²) in [4.78, 5) is 7.63. The van der Waals surface area contributed by atoms with Crippen LogP contribution in [0.4, 0.5) is 5.69 Å². The highest BCUT2D eigenvalue weighted by atomic mass is 35.5. The van der Waals surface area contributed by atoms with Crippen molar-refractivity contribution < 1.29 is 9.47 Å². The van der Waals surface area contributed by atoms with E-state index in [1.165, 1.54) is 0 Å². The number of ether oxygens (including phenoxy) is 2. The van der Waals surface area contributed by atoms with Crippen LogP contribution in [0.2, 0.25) is 5.02 Å². The first-order chi connectivity index (χ1) is 15.1. The van der Waals surface area contributed by atoms with Gasteiger partial charge in [0.1, 0.15) is 0 Å². The van der Waals surface area contributed by atoms with Gasteiger partial charge in [-0.25, -0.2) is 0 Å². The quantitative estimate of drug-likeness (QED) is 0.503. The third-order valence-electron chi connectivity index (χ3n) is 5.68. The molecule has 160 valence electrons. The van der Waals surface area contributed by atoms with Crippen molar-refractivity contribution in [2.45, 2.75) is 19.4 Å². The summed E-state index contributed by atoms with van der Waals surface area (Å²) in [7, 11) is 3.34. The number of fused-ring (bicyclic) bond motifs is 1. The van der Waals surface area contributed by atoms with Crippen molar-refractivity contribution in [1.82, 2.24) is 0 Å². The molecule has 1 heterocycles. The fourth-order valence-corrected chi connectivity index (χ4v) is 4.33. The van der Waals surface area contributed by atoms with E-state index >= 15 is 0 Å². The second-order valence-electron chi connectivity index (χ2n) is 7.56. The lowest BCUT2D eigenvalue weighted by Gasteiger charge is -2.26. The average molecular weight is 435 g/mol. The molecule has 0 fully saturated rings. The highest BCUT2D eigenvalue weighted by Gasteiger charge is 2.26. The van der Waals surface area contributed by atoms with Gasteiger partial charge in [0.15, 0.2) is 11.5 Å². The summed E-state index contributed by atoms with van der Waals surface area (Å²) in [5.74, 6) is 1.42. The zero-order valence-corrected chi connectivity index (χ0v) is 18.9. The smallest absolute Gasteiger partial charge is 0.162 e. The second kappa shape index (κ2) is 9.44. The van der Waals surface area contributed by atoms with Gasteiger partial charge < -0.3 is 14.4 Å². The number of benzene rings is 3. The first-order valence-electron chi connectivity index (χ1n) is 10.5. The van der Waals surface area contributed by atoms with E-state index in [0.717, 1.165) is 58.4 Å². The maximum atomic E-state index is 6.48. The number of hydrogen-bond acceptors (Lipinski definition) is 4. The van der Waals surface area contributed by atoms with Crippen LogP contribution < -0.4 is 14.4 Å². The van der Waals surface area contributed by atoms with Crippen LogP contribution in [0, 0.1) is 0 Å². The molecule has 0 saturated heterocycles. The predicted molar refractivity (Wildman–Crippen MR) is 128 cm³/mol. The zero-order valence-electron chi connectivity index (χ0n) is 18.1. The third kappa shape index (κ3) is 4.40. The number of hydrogen-bond donors (Lipinski definition) is 0. The van der Waals surface area contributed by atoms with Crippen molar-refractivity contribution in [2.24, 2.45) is 4.99 Å². The van der Waals surface area contributed by atoms with Crippen LogP contribution in [0.25, 0.3) is 0 Å². The van der Waals surface area contributed by atoms with E-state index in [2.05, 4.69) is 36.1 Å². The maximum Gasteiger partial charge on any atom is 0.162 e. The number of benzodiazepines with no additional fused rings is 1. The van der Waals surface area contributed by atoms with E-state index in [4.69, 9.17) is 26.1 Å². The van der Waals surface area contributed by atoms with E-state index in [-0.39, 0.29) is 6.04 Å². The maximum absolute atomic E-state index is 6.48. The summed E-state index contributed by atoms with van der Waals surface area (Å²) in [6.45, 7) is 3.82. The highest BCUT2D eigenvalue weighted by molar-refractivity contribution is 6.31. The Hall–Kier alpha value is -2.98. The Morgan fingerprint density at radius 1 is 0.968 bits per heavy atom. The Balaban J connectivity index is 1.87. The number of nitrogens with zero attached hydrogens (tertiary/aromatic N) is 2. The summed E-state index contributed by atoms with van der Waals surface area (Å²) in [6, 6.07) is 22.5. The second-order valence-corrected chi connectivity index (χ2v) is 7.96. The number of likely N-dealkylation sites (N-methyl/N-ethyl adjacent to an activating group) is 1. The standard InChI is InChI=1S/C26H27ClN2O2/c1-4-29-17-20(14-19-12-8-9-13-22(19)27)28-26(18-10-6-5-7-11-18)21-15-24(30-2)25(31-3)16-23(21)29/h5-13,15-16,20H,4,14,17H2,1-3H3. The molecule has 4 nitrogen and oxygen atoms in total. The van der Waals surface area contributed by atoms with Gasteiger partial charge in [-0.05, 0) is 31.0 Å². The number of aliphatic imine (C=N–C) groups is 1. The van der Waals surface area contributed by atoms with Crippen molar-refractivity contribution in [3.63, 3.8) is 0 Å². The van der Waals surface area contributed by atoms with E-state index < -0.39 is 0 Å². The summed E-state index contributed by atoms with van der Waals surface area (Å²) >= 11 is 6.48. The zero-order chi connectivity index (χ0) is 21.8. The Labute approximate surface area is 189 Å². The predicted octanol–water partition coefficient (Wildman–Crippen LogP) is 5.65. The molecule has 0 N–H and O–H groups in total. The van der Waals surface area contributed by atoms with Crippen LogP contribution in [0.3, 0.4) is 0 Å². The Morgan fingerprint density at radius 2 is 1.65 bits per heavy atom. The normalized spacial score (nSPS) is 15.7. The molecule has 5 heteroatoms. The molecular weight excluding hydrogens is 408 g/mol. The fraction of sp³-hybridized carbons (Fsp3) is 0.269. The summed E-state index contributed by atoms with van der Waals surface area (Å²) in [5.41, 5.74) is 5.31. The van der Waals surface area contributed by atoms with E-state index in [0.29, 0.717) is 5.75 Å². The van der Waals surface area contributed by atoms with Gasteiger partial charge in [0.25, 0.3) is 0 Å². The molecule has 31 heavy (non-hydrogen) atoms. The molecule has 1 unspecified atom stereocenters. The molecule has 1 atom stereocenters. The van der Waals surface area contributed by atoms with Gasteiger partial charge in [-0.15, -0.1) is 0 Å². The molecule has 0 bridgehead atoms. The molecule has 0 aliphatic carbocycles. The van der Waals surface area contributed by atoms with Gasteiger partial charge >= 0.3 is 0 Å². The first kappa shape index (κ1) is 21.3. The molecule has 0 amide bonds. The van der Waals surface area contributed by atoms with Crippen molar-refractivity contribution in [1.29, 1.82) is 0 Å². The van der Waals surface area contributed by atoms with Crippen LogP contribution in [0.5, 0.6) is 11.5 Å². The van der Waals surface area contributed by atoms with E-state index in [1.807, 2.05) is 42.5 Å². The minimum Gasteiger partial charge on any atom is -0.493 e. The van der Waals surface area contributed by atoms with Crippen LogP contribution in [0.15, 0.2) is 71.7 Å². The van der Waals surface area contributed by atoms with Crippen LogP contribution in [0.1, 0.15) is 23.6 Å². The average Bonchev–Trinajstić information content (AvgIpc) is 2.96. The molecule has 1 aliphatic heterocycles. The lowest BCUT2D eigenvalue weighted by atomic mass is 9.99. The van der Waals surface area contributed by atoms with Crippen LogP contribution >= 0.6 is 11.6 Å². The van der Waals surface area contributed by atoms with Gasteiger partial charge in [-0.2, -0.15) is 0 Å². The summed E-state index contributed by atoms with van der Waals surface area (Å²) in [6.07, 6.45) is 0.773. The topological polar surface area (TPSA) is 34.1 Å². The third-order valence-corrected chi connectivity index (χ3v) is 6.05. The molecule has 4 rings (SSSR count). The Morgan fingerprint density at radius 3 is 2.32 bits per heavy atom. The number of methoxy groups -OCH3 is 2. The lowest BCUT2D eigenvalue weighted by Crippen LogP contribution is -2.32. The fourth-order valence-electron chi connectivity index (χ4n) is 4.12. The van der Waals surface area contributed by atoms with Crippen molar-refractivity contribution in [3.8, 4) is 11.5 Å². The largest absolute Gasteiger partial charge is 0.493 e.